The van der Waals surface area contributed by atoms with Crippen molar-refractivity contribution in [3.05, 3.63) is 27.7 Å². The van der Waals surface area contributed by atoms with Crippen molar-refractivity contribution < 1.29 is 12.9 Å². The topological polar surface area (TPSA) is 0 Å². The third-order valence-electron chi connectivity index (χ3n) is 1.63. The molecule has 0 heterocycles. The summed E-state index contributed by atoms with van der Waals surface area (Å²) in [7, 11) is 0. The molecule has 0 aromatic heterocycles. The maximum Gasteiger partial charge on any atom is 0.511 e. The van der Waals surface area contributed by atoms with E-state index in [1.807, 2.05) is 0 Å². The number of hydrogen-bond acceptors (Lipinski definition) is 0. The highest BCUT2D eigenvalue weighted by Gasteiger charge is 2.28. The smallest absolute Gasteiger partial charge is 0.445 e. The van der Waals surface area contributed by atoms with Crippen LogP contribution in [0.25, 0.3) is 0 Å². The number of hydrogen-bond donors (Lipinski definition) is 0. The van der Waals surface area contributed by atoms with Gasteiger partial charge in [-0.3, -0.25) is 0 Å². The summed E-state index contributed by atoms with van der Waals surface area (Å²) in [6, 6.07) is 2.08. The van der Waals surface area contributed by atoms with Crippen LogP contribution in [0.5, 0.6) is 0 Å². The quantitative estimate of drug-likeness (QED) is 0.646. The highest BCUT2D eigenvalue weighted by atomic mass is 35.5. The number of benzene rings is 1. The van der Waals surface area contributed by atoms with E-state index < -0.39 is 12.4 Å². The fourth-order valence-electron chi connectivity index (χ4n) is 0.930. The van der Waals surface area contributed by atoms with E-state index in [0.29, 0.717) is 5.56 Å². The fraction of sp³-hybridized carbons (Fsp3) is 0.143. The molecule has 0 nitrogen and oxygen atoms in total. The average Bonchev–Trinajstić information content (AvgIpc) is 1.94. The van der Waals surface area contributed by atoms with E-state index in [9.17, 15) is 12.9 Å². The minimum absolute atomic E-state index is 0.244. The molecule has 0 fully saturated rings. The molecule has 6 heteroatoms. The van der Waals surface area contributed by atoms with Crippen LogP contribution in [0.2, 0.25) is 10.0 Å². The summed E-state index contributed by atoms with van der Waals surface area (Å²) in [5.74, 6) is 0. The zero-order valence-electron chi connectivity index (χ0n) is 6.62. The van der Waals surface area contributed by atoms with Crippen molar-refractivity contribution in [2.45, 2.75) is 6.92 Å². The zero-order valence-corrected chi connectivity index (χ0v) is 8.13. The zero-order chi connectivity index (χ0) is 10.2. The SMILES string of the molecule is Cc1cc([B-](F)(F)F)c(Cl)cc1Cl. The molecule has 0 amide bonds. The van der Waals surface area contributed by atoms with Crippen molar-refractivity contribution >= 4 is 35.6 Å². The van der Waals surface area contributed by atoms with Gasteiger partial charge in [-0.1, -0.05) is 34.7 Å². The molecule has 0 aliphatic carbocycles. The van der Waals surface area contributed by atoms with E-state index in [0.717, 1.165) is 12.1 Å². The predicted molar refractivity (Wildman–Crippen MR) is 49.9 cm³/mol. The lowest BCUT2D eigenvalue weighted by molar-refractivity contribution is 0.501. The second-order valence-electron chi connectivity index (χ2n) is 2.70. The summed E-state index contributed by atoms with van der Waals surface area (Å²) in [4.78, 5) is 0. The van der Waals surface area contributed by atoms with Gasteiger partial charge in [-0.2, -0.15) is 0 Å². The van der Waals surface area contributed by atoms with Gasteiger partial charge in [0, 0.05) is 10.0 Å². The van der Waals surface area contributed by atoms with Crippen molar-refractivity contribution in [2.75, 3.05) is 0 Å². The molecule has 1 aromatic carbocycles. The van der Waals surface area contributed by atoms with Gasteiger partial charge in [0.25, 0.3) is 0 Å². The van der Waals surface area contributed by atoms with Crippen molar-refractivity contribution in [2.24, 2.45) is 0 Å². The highest BCUT2D eigenvalue weighted by molar-refractivity contribution is 6.76. The molecular formula is C7H5BCl2F3-. The van der Waals surface area contributed by atoms with Crippen LogP contribution in [0, 0.1) is 6.92 Å². The van der Waals surface area contributed by atoms with E-state index in [1.165, 1.54) is 6.92 Å². The average molecular weight is 228 g/mol. The number of rotatable bonds is 1. The summed E-state index contributed by atoms with van der Waals surface area (Å²) in [6.07, 6.45) is 0. The van der Waals surface area contributed by atoms with Crippen LogP contribution in [-0.2, 0) is 0 Å². The Hall–Kier alpha value is -0.345. The molecular weight excluding hydrogens is 223 g/mol. The minimum atomic E-state index is -5.05. The Morgan fingerprint density at radius 1 is 1.08 bits per heavy atom. The van der Waals surface area contributed by atoms with Gasteiger partial charge in [0.15, 0.2) is 0 Å². The Morgan fingerprint density at radius 2 is 1.62 bits per heavy atom. The Balaban J connectivity index is 3.32. The summed E-state index contributed by atoms with van der Waals surface area (Å²) in [5.41, 5.74) is -0.413. The maximum absolute atomic E-state index is 12.3. The Kier molecular flexibility index (Phi) is 2.83. The molecule has 0 saturated carbocycles. The molecule has 0 atom stereocenters. The number of aryl methyl sites for hydroxylation is 1. The first-order chi connectivity index (χ1) is 5.82. The van der Waals surface area contributed by atoms with Gasteiger partial charge in [-0.05, 0) is 18.6 Å². The molecule has 0 aliphatic heterocycles. The summed E-state index contributed by atoms with van der Waals surface area (Å²) < 4.78 is 36.9. The molecule has 0 aliphatic rings. The Labute approximate surface area is 83.7 Å². The van der Waals surface area contributed by atoms with Gasteiger partial charge >= 0.3 is 6.98 Å². The monoisotopic (exact) mass is 227 g/mol. The van der Waals surface area contributed by atoms with Crippen LogP contribution in [0.4, 0.5) is 12.9 Å². The van der Waals surface area contributed by atoms with Gasteiger partial charge in [-0.25, -0.2) is 0 Å². The van der Waals surface area contributed by atoms with Gasteiger partial charge in [0.2, 0.25) is 0 Å². The first-order valence-electron chi connectivity index (χ1n) is 3.48. The molecule has 0 N–H and O–H groups in total. The maximum atomic E-state index is 12.3. The van der Waals surface area contributed by atoms with Gasteiger partial charge in [0.05, 0.1) is 0 Å². The third kappa shape index (κ3) is 2.32. The lowest BCUT2D eigenvalue weighted by atomic mass is 9.79. The Morgan fingerprint density at radius 3 is 2.08 bits per heavy atom. The molecule has 0 bridgehead atoms. The highest BCUT2D eigenvalue weighted by Crippen LogP contribution is 2.23. The van der Waals surface area contributed by atoms with Crippen LogP contribution in [0.15, 0.2) is 12.1 Å². The predicted octanol–water partition coefficient (Wildman–Crippen LogP) is 3.36. The molecule has 1 aromatic rings. The lowest BCUT2D eigenvalue weighted by Crippen LogP contribution is -2.35. The molecule has 0 unspecified atom stereocenters. The lowest BCUT2D eigenvalue weighted by Gasteiger charge is -2.17. The molecule has 0 spiro atoms. The van der Waals surface area contributed by atoms with Gasteiger partial charge in [-0.15, -0.1) is 0 Å². The second-order valence-corrected chi connectivity index (χ2v) is 3.51. The summed E-state index contributed by atoms with van der Waals surface area (Å²) in [5, 5.41) is -0.100. The van der Waals surface area contributed by atoms with Crippen molar-refractivity contribution in [3.8, 4) is 0 Å². The number of halogens is 5. The summed E-state index contributed by atoms with van der Waals surface area (Å²) in [6.45, 7) is -3.55. The van der Waals surface area contributed by atoms with Crippen molar-refractivity contribution in [1.29, 1.82) is 0 Å². The molecule has 72 valence electrons. The standard InChI is InChI=1S/C7H5BCl2F3/c1-4-2-5(8(11,12)13)7(10)3-6(4)9/h2-3H,1H3/q-1. The molecule has 1 rings (SSSR count). The van der Waals surface area contributed by atoms with Gasteiger partial charge in [0.1, 0.15) is 0 Å². The van der Waals surface area contributed by atoms with E-state index in [4.69, 9.17) is 23.2 Å². The van der Waals surface area contributed by atoms with Crippen LogP contribution < -0.4 is 5.46 Å². The van der Waals surface area contributed by atoms with E-state index in [-0.39, 0.29) is 10.0 Å². The third-order valence-corrected chi connectivity index (χ3v) is 2.37. The van der Waals surface area contributed by atoms with Crippen LogP contribution in [0.3, 0.4) is 0 Å². The van der Waals surface area contributed by atoms with Gasteiger partial charge < -0.3 is 12.9 Å². The minimum Gasteiger partial charge on any atom is -0.445 e. The van der Waals surface area contributed by atoms with Crippen LogP contribution >= 0.6 is 23.2 Å². The van der Waals surface area contributed by atoms with E-state index >= 15 is 0 Å². The molecule has 0 radical (unpaired) electrons. The largest absolute Gasteiger partial charge is 0.511 e. The second kappa shape index (κ2) is 3.43. The van der Waals surface area contributed by atoms with Crippen molar-refractivity contribution in [1.82, 2.24) is 0 Å². The van der Waals surface area contributed by atoms with Crippen molar-refractivity contribution in [3.63, 3.8) is 0 Å². The van der Waals surface area contributed by atoms with Crippen LogP contribution in [-0.4, -0.2) is 6.98 Å². The molecule has 0 saturated heterocycles. The van der Waals surface area contributed by atoms with E-state index in [1.54, 1.807) is 0 Å². The Bertz CT molecular complexity index is 335. The fourth-order valence-corrected chi connectivity index (χ4v) is 1.44. The van der Waals surface area contributed by atoms with Crippen LogP contribution in [0.1, 0.15) is 5.56 Å². The first-order valence-corrected chi connectivity index (χ1v) is 4.23. The first kappa shape index (κ1) is 10.7. The summed E-state index contributed by atoms with van der Waals surface area (Å²) >= 11 is 11.0. The molecule has 13 heavy (non-hydrogen) atoms. The normalized spacial score (nSPS) is 11.8. The van der Waals surface area contributed by atoms with E-state index in [2.05, 4.69) is 0 Å².